The number of hydrogen-bond donors (Lipinski definition) is 2. The number of nitrogens with zero attached hydrogens (tertiary/aromatic N) is 2. The lowest BCUT2D eigenvalue weighted by molar-refractivity contribution is -0.140. The minimum atomic E-state index is -0.937. The number of pyridine rings is 1. The van der Waals surface area contributed by atoms with Crippen LogP contribution in [0.1, 0.15) is 60.8 Å². The molecule has 2 amide bonds. The quantitative estimate of drug-likeness (QED) is 0.511. The van der Waals surface area contributed by atoms with Crippen molar-refractivity contribution < 1.29 is 23.5 Å². The normalized spacial score (nSPS) is 17.8. The van der Waals surface area contributed by atoms with E-state index in [9.17, 15) is 18.8 Å². The van der Waals surface area contributed by atoms with Crippen molar-refractivity contribution in [3.05, 3.63) is 70.9 Å². The number of ether oxygens (including phenoxy) is 1. The molecule has 1 spiro atoms. The average Bonchev–Trinajstić information content (AvgIpc) is 3.56. The summed E-state index contributed by atoms with van der Waals surface area (Å²) in [5.74, 6) is -1.89. The van der Waals surface area contributed by atoms with Crippen LogP contribution in [-0.2, 0) is 19.7 Å². The van der Waals surface area contributed by atoms with E-state index in [4.69, 9.17) is 4.74 Å². The fourth-order valence-corrected chi connectivity index (χ4v) is 5.26. The second-order valence-electron chi connectivity index (χ2n) is 9.90. The number of esters is 1. The van der Waals surface area contributed by atoms with Gasteiger partial charge in [-0.3, -0.25) is 9.59 Å². The van der Waals surface area contributed by atoms with Gasteiger partial charge in [0.25, 0.3) is 5.91 Å². The van der Waals surface area contributed by atoms with Crippen molar-refractivity contribution in [2.45, 2.75) is 58.1 Å². The fraction of sp³-hybridized carbons (Fsp3) is 0.357. The Bertz CT molecular complexity index is 1450. The summed E-state index contributed by atoms with van der Waals surface area (Å²) in [5.41, 5.74) is 1.78. The van der Waals surface area contributed by atoms with Gasteiger partial charge in [0.1, 0.15) is 17.5 Å². The molecule has 37 heavy (non-hydrogen) atoms. The number of H-pyrrole nitrogens is 1. The Hall–Kier alpha value is -4.01. The summed E-state index contributed by atoms with van der Waals surface area (Å²) in [4.78, 5) is 50.1. The number of nitrogens with one attached hydrogen (secondary N) is 2. The zero-order chi connectivity index (χ0) is 26.5. The number of benzene rings is 1. The molecule has 2 aromatic heterocycles. The monoisotopic (exact) mass is 504 g/mol. The van der Waals surface area contributed by atoms with Crippen molar-refractivity contribution in [2.24, 2.45) is 0 Å². The van der Waals surface area contributed by atoms with Crippen LogP contribution in [0.3, 0.4) is 0 Å². The first-order chi connectivity index (χ1) is 17.7. The second-order valence-corrected chi connectivity index (χ2v) is 9.90. The Balaban J connectivity index is 1.78. The first-order valence-corrected chi connectivity index (χ1v) is 12.4. The number of hydrogen-bond acceptors (Lipinski definition) is 5. The highest BCUT2D eigenvalue weighted by Gasteiger charge is 2.60. The third kappa shape index (κ3) is 4.08. The first-order valence-electron chi connectivity index (χ1n) is 12.4. The number of halogens is 1. The number of rotatable bonds is 5. The number of likely N-dealkylation sites (N-methyl/N-ethyl adjacent to an activating group) is 1. The van der Waals surface area contributed by atoms with E-state index in [1.165, 1.54) is 29.3 Å². The lowest BCUT2D eigenvalue weighted by atomic mass is 9.84. The van der Waals surface area contributed by atoms with Crippen molar-refractivity contribution in [3.8, 4) is 0 Å². The van der Waals surface area contributed by atoms with Gasteiger partial charge in [0, 0.05) is 35.3 Å². The number of aromatic nitrogens is 2. The molecule has 9 heteroatoms. The SMILES string of the molecule is CCNC(=O)C1N(C(=O)c2ccc(F)c(C)c2)C=C(C(=O)OC(C)C)c2[nH]c3ncccc3c2C12CC2. The van der Waals surface area contributed by atoms with Crippen molar-refractivity contribution in [3.63, 3.8) is 0 Å². The lowest BCUT2D eigenvalue weighted by Crippen LogP contribution is -2.53. The van der Waals surface area contributed by atoms with Gasteiger partial charge in [0.15, 0.2) is 0 Å². The summed E-state index contributed by atoms with van der Waals surface area (Å²) >= 11 is 0. The Kier molecular flexibility index (Phi) is 6.09. The zero-order valence-corrected chi connectivity index (χ0v) is 21.2. The van der Waals surface area contributed by atoms with Crippen LogP contribution in [0.5, 0.6) is 0 Å². The van der Waals surface area contributed by atoms with E-state index >= 15 is 0 Å². The highest BCUT2D eigenvalue weighted by atomic mass is 19.1. The van der Waals surface area contributed by atoms with Gasteiger partial charge in [0.05, 0.1) is 17.4 Å². The van der Waals surface area contributed by atoms with E-state index in [2.05, 4.69) is 15.3 Å². The van der Waals surface area contributed by atoms with Gasteiger partial charge < -0.3 is 19.9 Å². The molecule has 2 N–H and O–H groups in total. The average molecular weight is 505 g/mol. The van der Waals surface area contributed by atoms with Crippen LogP contribution < -0.4 is 5.32 Å². The summed E-state index contributed by atoms with van der Waals surface area (Å²) in [6.45, 7) is 7.24. The maximum absolute atomic E-state index is 14.0. The fourth-order valence-electron chi connectivity index (χ4n) is 5.26. The second kappa shape index (κ2) is 9.14. The van der Waals surface area contributed by atoms with E-state index < -0.39 is 35.3 Å². The molecule has 3 heterocycles. The van der Waals surface area contributed by atoms with E-state index in [0.29, 0.717) is 36.3 Å². The molecule has 0 radical (unpaired) electrons. The van der Waals surface area contributed by atoms with E-state index in [1.807, 2.05) is 13.0 Å². The van der Waals surface area contributed by atoms with E-state index in [-0.39, 0.29) is 17.0 Å². The molecule has 2 aliphatic rings. The first kappa shape index (κ1) is 24.7. The Morgan fingerprint density at radius 1 is 1.27 bits per heavy atom. The maximum Gasteiger partial charge on any atom is 0.342 e. The standard InChI is InChI=1S/C28H29FN4O4/c1-5-30-25(34)23-28(10-11-28)21-18-7-6-12-31-24(18)32-22(21)19(27(36)37-15(2)3)14-33(23)26(35)17-8-9-20(29)16(4)13-17/h6-9,12-15,23H,5,10-11H2,1-4H3,(H,30,34)(H,31,32). The largest absolute Gasteiger partial charge is 0.459 e. The van der Waals surface area contributed by atoms with Crippen LogP contribution in [0.15, 0.2) is 42.7 Å². The molecule has 0 bridgehead atoms. The smallest absolute Gasteiger partial charge is 0.342 e. The van der Waals surface area contributed by atoms with Crippen LogP contribution in [-0.4, -0.2) is 51.3 Å². The van der Waals surface area contributed by atoms with Gasteiger partial charge in [-0.15, -0.1) is 0 Å². The molecular weight excluding hydrogens is 475 g/mol. The van der Waals surface area contributed by atoms with Gasteiger partial charge in [-0.05, 0) is 82.0 Å². The van der Waals surface area contributed by atoms with Crippen molar-refractivity contribution in [1.29, 1.82) is 0 Å². The van der Waals surface area contributed by atoms with Gasteiger partial charge in [-0.25, -0.2) is 14.2 Å². The minimum Gasteiger partial charge on any atom is -0.459 e. The molecule has 1 saturated carbocycles. The molecule has 1 unspecified atom stereocenters. The minimum absolute atomic E-state index is 0.131. The van der Waals surface area contributed by atoms with Crippen LogP contribution >= 0.6 is 0 Å². The lowest BCUT2D eigenvalue weighted by Gasteiger charge is -2.33. The van der Waals surface area contributed by atoms with Crippen molar-refractivity contribution in [1.82, 2.24) is 20.2 Å². The van der Waals surface area contributed by atoms with Crippen LogP contribution in [0, 0.1) is 12.7 Å². The third-order valence-corrected chi connectivity index (χ3v) is 7.00. The molecule has 1 aliphatic heterocycles. The Morgan fingerprint density at radius 3 is 2.68 bits per heavy atom. The number of aryl methyl sites for hydroxylation is 1. The number of carbonyl (C=O) groups excluding carboxylic acids is 3. The van der Waals surface area contributed by atoms with Gasteiger partial charge in [-0.2, -0.15) is 0 Å². The van der Waals surface area contributed by atoms with Crippen LogP contribution in [0.25, 0.3) is 16.6 Å². The van der Waals surface area contributed by atoms with Crippen molar-refractivity contribution >= 4 is 34.4 Å². The Morgan fingerprint density at radius 2 is 2.03 bits per heavy atom. The van der Waals surface area contributed by atoms with Crippen molar-refractivity contribution in [2.75, 3.05) is 6.54 Å². The van der Waals surface area contributed by atoms with E-state index in [1.54, 1.807) is 33.0 Å². The third-order valence-electron chi connectivity index (χ3n) is 7.00. The molecule has 1 aromatic carbocycles. The predicted molar refractivity (Wildman–Crippen MR) is 136 cm³/mol. The summed E-state index contributed by atoms with van der Waals surface area (Å²) in [6, 6.07) is 6.84. The topological polar surface area (TPSA) is 104 Å². The highest BCUT2D eigenvalue weighted by Crippen LogP contribution is 2.58. The molecule has 3 aromatic rings. The predicted octanol–water partition coefficient (Wildman–Crippen LogP) is 4.00. The zero-order valence-electron chi connectivity index (χ0n) is 21.2. The number of amides is 2. The Labute approximate surface area is 213 Å². The molecule has 1 atom stereocenters. The van der Waals surface area contributed by atoms with Crippen LogP contribution in [0.4, 0.5) is 4.39 Å². The van der Waals surface area contributed by atoms with Gasteiger partial charge in [-0.1, -0.05) is 0 Å². The summed E-state index contributed by atoms with van der Waals surface area (Å²) in [7, 11) is 0. The molecule has 1 aliphatic carbocycles. The molecule has 5 rings (SSSR count). The molecule has 192 valence electrons. The van der Waals surface area contributed by atoms with Crippen LogP contribution in [0.2, 0.25) is 0 Å². The van der Waals surface area contributed by atoms with Gasteiger partial charge in [0.2, 0.25) is 5.91 Å². The summed E-state index contributed by atoms with van der Waals surface area (Å²) in [6.07, 6.45) is 3.93. The highest BCUT2D eigenvalue weighted by molar-refractivity contribution is 6.19. The summed E-state index contributed by atoms with van der Waals surface area (Å²) < 4.78 is 19.6. The number of fused-ring (bicyclic) bond motifs is 4. The van der Waals surface area contributed by atoms with E-state index in [0.717, 1.165) is 10.9 Å². The molecule has 8 nitrogen and oxygen atoms in total. The van der Waals surface area contributed by atoms with Gasteiger partial charge >= 0.3 is 5.97 Å². The molecule has 1 fully saturated rings. The number of carbonyl (C=O) groups is 3. The summed E-state index contributed by atoms with van der Waals surface area (Å²) in [5, 5.41) is 3.67. The molecular formula is C28H29FN4O4. The molecule has 0 saturated heterocycles. The maximum atomic E-state index is 14.0. The number of aromatic amines is 1.